The van der Waals surface area contributed by atoms with Crippen molar-refractivity contribution in [1.82, 2.24) is 0 Å². The van der Waals surface area contributed by atoms with Gasteiger partial charge < -0.3 is 0 Å². The summed E-state index contributed by atoms with van der Waals surface area (Å²) in [5, 5.41) is 2.75. The number of fused-ring (bicyclic) bond motifs is 1. The Hall–Kier alpha value is -0.720. The van der Waals surface area contributed by atoms with Crippen molar-refractivity contribution < 1.29 is 23.3 Å². The minimum atomic E-state index is 0.210. The molecule has 3 aromatic carbocycles. The molecule has 0 unspecified atom stereocenters. The van der Waals surface area contributed by atoms with Gasteiger partial charge in [0, 0.05) is 0 Å². The summed E-state index contributed by atoms with van der Waals surface area (Å²) in [4.78, 5) is 0. The fourth-order valence-electron chi connectivity index (χ4n) is 2.13. The molecule has 22 heavy (non-hydrogen) atoms. The van der Waals surface area contributed by atoms with Crippen molar-refractivity contribution in [2.75, 3.05) is 0 Å². The SMILES string of the molecule is CC(C)(C)c1c[cH-]c2ccccc12.C[Si](C)=[Zr+2].c1cc[cH-]c1. The van der Waals surface area contributed by atoms with Crippen LogP contribution in [0.3, 0.4) is 0 Å². The van der Waals surface area contributed by atoms with E-state index in [2.05, 4.69) is 70.3 Å². The zero-order valence-corrected chi connectivity index (χ0v) is 17.8. The standard InChI is InChI=1S/C13H15.C5H5.C2H6Si.Zr/c1-13(2,3)12-9-8-10-6-4-5-7-11(10)12;1-2-4-5-3-1;1-3-2;/h4-9H,1-3H3;1-5H;1-2H3;/q2*-1;;+2. The molecule has 3 aromatic rings. The van der Waals surface area contributed by atoms with Crippen molar-refractivity contribution in [3.8, 4) is 0 Å². The molecule has 0 atom stereocenters. The predicted molar refractivity (Wildman–Crippen MR) is 97.8 cm³/mol. The maximum atomic E-state index is 2.31. The van der Waals surface area contributed by atoms with Crippen LogP contribution in [0.15, 0.2) is 66.7 Å². The van der Waals surface area contributed by atoms with Gasteiger partial charge in [-0.05, 0) is 0 Å². The van der Waals surface area contributed by atoms with Crippen LogP contribution in [0.2, 0.25) is 13.1 Å². The van der Waals surface area contributed by atoms with Crippen LogP contribution < -0.4 is 0 Å². The van der Waals surface area contributed by atoms with Crippen molar-refractivity contribution in [1.29, 1.82) is 0 Å². The van der Waals surface area contributed by atoms with Crippen LogP contribution in [0.4, 0.5) is 0 Å². The summed E-state index contributed by atoms with van der Waals surface area (Å²) in [5.74, 6) is 0. The third kappa shape index (κ3) is 7.03. The first-order valence-electron chi connectivity index (χ1n) is 7.65. The van der Waals surface area contributed by atoms with Crippen LogP contribution in [0.5, 0.6) is 0 Å². The van der Waals surface area contributed by atoms with Crippen molar-refractivity contribution in [3.63, 3.8) is 0 Å². The van der Waals surface area contributed by atoms with Gasteiger partial charge in [0.05, 0.1) is 0 Å². The van der Waals surface area contributed by atoms with Gasteiger partial charge in [-0.25, -0.2) is 12.1 Å². The molecule has 0 bridgehead atoms. The Morgan fingerprint density at radius 3 is 1.95 bits per heavy atom. The molecule has 0 heterocycles. The van der Waals surface area contributed by atoms with Gasteiger partial charge >= 0.3 is 41.9 Å². The van der Waals surface area contributed by atoms with Gasteiger partial charge in [0.1, 0.15) is 0 Å². The summed E-state index contributed by atoms with van der Waals surface area (Å²) in [7, 11) is 0. The first-order valence-corrected chi connectivity index (χ1v) is 13.8. The number of hydrogen-bond donors (Lipinski definition) is 0. The van der Waals surface area contributed by atoms with Crippen molar-refractivity contribution in [2.24, 2.45) is 0 Å². The van der Waals surface area contributed by atoms with Crippen LogP contribution in [0, 0.1) is 0 Å². The van der Waals surface area contributed by atoms with E-state index in [-0.39, 0.29) is 10.8 Å². The molecular weight excluding hydrogens is 360 g/mol. The van der Waals surface area contributed by atoms with Crippen LogP contribution in [-0.4, -0.2) is 5.43 Å². The molecule has 0 N–H and O–H groups in total. The quantitative estimate of drug-likeness (QED) is 0.326. The summed E-state index contributed by atoms with van der Waals surface area (Å²) < 4.78 is 0. The molecule has 0 aliphatic heterocycles. The molecule has 0 radical (unpaired) electrons. The summed E-state index contributed by atoms with van der Waals surface area (Å²) in [6, 6.07) is 23.0. The number of rotatable bonds is 0. The third-order valence-corrected chi connectivity index (χ3v) is 3.04. The molecule has 114 valence electrons. The van der Waals surface area contributed by atoms with Crippen LogP contribution in [-0.2, 0) is 28.8 Å². The monoisotopic (exact) mass is 384 g/mol. The van der Waals surface area contributed by atoms with Gasteiger partial charge in [0.25, 0.3) is 0 Å². The van der Waals surface area contributed by atoms with Gasteiger partial charge in [0.15, 0.2) is 0 Å². The Morgan fingerprint density at radius 1 is 0.955 bits per heavy atom. The van der Waals surface area contributed by atoms with E-state index >= 15 is 0 Å². The molecule has 0 spiro atoms. The largest absolute Gasteiger partial charge is 0.214 e. The topological polar surface area (TPSA) is 0 Å². The van der Waals surface area contributed by atoms with E-state index in [1.54, 1.807) is 23.3 Å². The van der Waals surface area contributed by atoms with E-state index in [0.717, 1.165) is 0 Å². The zero-order chi connectivity index (χ0) is 16.6. The van der Waals surface area contributed by atoms with Crippen LogP contribution in [0.25, 0.3) is 10.8 Å². The molecule has 0 saturated carbocycles. The summed E-state index contributed by atoms with van der Waals surface area (Å²) in [5.41, 5.74) is 1.91. The number of benzene rings is 1. The molecule has 0 aliphatic rings. The molecule has 0 fully saturated rings. The van der Waals surface area contributed by atoms with Gasteiger partial charge in [0.2, 0.25) is 0 Å². The molecule has 0 saturated heterocycles. The molecule has 0 aliphatic carbocycles. The van der Waals surface area contributed by atoms with Gasteiger partial charge in [-0.3, -0.25) is 0 Å². The fraction of sp³-hybridized carbons (Fsp3) is 0.300. The van der Waals surface area contributed by atoms with Crippen LogP contribution in [0.1, 0.15) is 26.3 Å². The first-order chi connectivity index (χ1) is 10.3. The minimum Gasteiger partial charge on any atom is -0.214 e. The van der Waals surface area contributed by atoms with E-state index in [4.69, 9.17) is 0 Å². The Labute approximate surface area is 150 Å². The Bertz CT molecular complexity index is 648. The second kappa shape index (κ2) is 9.43. The molecule has 0 aromatic heterocycles. The molecule has 0 amide bonds. The van der Waals surface area contributed by atoms with Crippen molar-refractivity contribution in [3.05, 3.63) is 72.3 Å². The summed E-state index contributed by atoms with van der Waals surface area (Å²) >= 11 is 1.74. The third-order valence-electron chi connectivity index (χ3n) is 3.04. The number of hydrogen-bond acceptors (Lipinski definition) is 0. The van der Waals surface area contributed by atoms with E-state index in [0.29, 0.717) is 0 Å². The predicted octanol–water partition coefficient (Wildman–Crippen LogP) is 6.05. The molecule has 0 nitrogen and oxygen atoms in total. The fourth-order valence-corrected chi connectivity index (χ4v) is 2.13. The van der Waals surface area contributed by atoms with E-state index in [9.17, 15) is 0 Å². The Kier molecular flexibility index (Phi) is 8.28. The molecule has 3 rings (SSSR count). The van der Waals surface area contributed by atoms with Crippen molar-refractivity contribution >= 4 is 16.2 Å². The average Bonchev–Trinajstić information content (AvgIpc) is 3.10. The maximum absolute atomic E-state index is 2.31. The molecular formula is C20H26SiZr. The zero-order valence-electron chi connectivity index (χ0n) is 14.4. The second-order valence-corrected chi connectivity index (χ2v) is 15.9. The van der Waals surface area contributed by atoms with Gasteiger partial charge in [-0.15, -0.1) is 46.7 Å². The smallest absolute Gasteiger partial charge is 0.172 e. The van der Waals surface area contributed by atoms with E-state index in [1.807, 2.05) is 30.3 Å². The maximum Gasteiger partial charge on any atom is -0.172 e. The Balaban J connectivity index is 0.000000222. The normalized spacial score (nSPS) is 10.3. The van der Waals surface area contributed by atoms with E-state index in [1.165, 1.54) is 16.3 Å². The van der Waals surface area contributed by atoms with Gasteiger partial charge in [-0.1, -0.05) is 32.3 Å². The average molecular weight is 386 g/mol. The second-order valence-electron chi connectivity index (χ2n) is 6.55. The minimum absolute atomic E-state index is 0.210. The Morgan fingerprint density at radius 2 is 1.50 bits per heavy atom. The van der Waals surface area contributed by atoms with Crippen LogP contribution >= 0.6 is 0 Å². The summed E-state index contributed by atoms with van der Waals surface area (Å²) in [6.07, 6.45) is 0. The first kappa shape index (κ1) is 19.3. The van der Waals surface area contributed by atoms with E-state index < -0.39 is 0 Å². The summed E-state index contributed by atoms with van der Waals surface area (Å²) in [6.45, 7) is 11.4. The van der Waals surface area contributed by atoms with Gasteiger partial charge in [-0.2, -0.15) is 18.2 Å². The molecule has 2 heteroatoms. The van der Waals surface area contributed by atoms with Crippen molar-refractivity contribution in [2.45, 2.75) is 39.3 Å².